The molecule has 2 aromatic carbocycles. The number of fused-ring (bicyclic) bond motifs is 1. The van der Waals surface area contributed by atoms with E-state index in [0.29, 0.717) is 42.8 Å². The van der Waals surface area contributed by atoms with Crippen LogP contribution in [0.15, 0.2) is 41.3 Å². The van der Waals surface area contributed by atoms with Gasteiger partial charge in [0.1, 0.15) is 6.04 Å². The molecule has 2 amide bonds. The topological polar surface area (TPSA) is 86.8 Å². The molecule has 4 atom stereocenters. The first kappa shape index (κ1) is 24.9. The molecule has 2 aliphatic heterocycles. The van der Waals surface area contributed by atoms with Crippen molar-refractivity contribution in [3.63, 3.8) is 0 Å². The van der Waals surface area contributed by atoms with Gasteiger partial charge in [-0.25, -0.2) is 8.42 Å². The van der Waals surface area contributed by atoms with E-state index in [-0.39, 0.29) is 29.3 Å². The molecule has 0 aromatic heterocycles. The van der Waals surface area contributed by atoms with E-state index in [1.54, 1.807) is 30.3 Å². The van der Waals surface area contributed by atoms with Crippen LogP contribution in [0.2, 0.25) is 5.02 Å². The highest BCUT2D eigenvalue weighted by Gasteiger charge is 2.40. The van der Waals surface area contributed by atoms with Crippen LogP contribution in [0.1, 0.15) is 40.0 Å². The number of benzene rings is 2. The molecule has 7 nitrogen and oxygen atoms in total. The lowest BCUT2D eigenvalue weighted by Gasteiger charge is -2.34. The van der Waals surface area contributed by atoms with Crippen molar-refractivity contribution in [3.05, 3.63) is 41.4 Å². The van der Waals surface area contributed by atoms with E-state index in [0.717, 1.165) is 17.2 Å². The molecule has 9 heteroatoms. The largest absolute Gasteiger partial charge is 0.338 e. The summed E-state index contributed by atoms with van der Waals surface area (Å²) in [6.07, 6.45) is 2.05. The van der Waals surface area contributed by atoms with E-state index in [1.165, 1.54) is 11.0 Å². The number of amides is 2. The third-order valence-corrected chi connectivity index (χ3v) is 9.06. The Balaban J connectivity index is 1.45. The van der Waals surface area contributed by atoms with Gasteiger partial charge in [-0.05, 0) is 66.6 Å². The van der Waals surface area contributed by atoms with Crippen LogP contribution in [0, 0.1) is 11.8 Å². The molecule has 2 fully saturated rings. The van der Waals surface area contributed by atoms with Gasteiger partial charge in [0, 0.05) is 24.2 Å². The van der Waals surface area contributed by atoms with E-state index in [2.05, 4.69) is 25.5 Å². The van der Waals surface area contributed by atoms with Crippen molar-refractivity contribution in [2.24, 2.45) is 11.8 Å². The average Bonchev–Trinajstić information content (AvgIpc) is 3.09. The molecule has 2 heterocycles. The molecule has 0 radical (unpaired) electrons. The van der Waals surface area contributed by atoms with E-state index in [4.69, 9.17) is 11.6 Å². The summed E-state index contributed by atoms with van der Waals surface area (Å²) in [6.45, 7) is 7.51. The van der Waals surface area contributed by atoms with Gasteiger partial charge in [0.2, 0.25) is 21.8 Å². The summed E-state index contributed by atoms with van der Waals surface area (Å²) in [5.74, 6) is 0.472. The zero-order valence-corrected chi connectivity index (χ0v) is 21.4. The van der Waals surface area contributed by atoms with Gasteiger partial charge in [-0.15, -0.1) is 0 Å². The quantitative estimate of drug-likeness (QED) is 0.649. The predicted octanol–water partition coefficient (Wildman–Crippen LogP) is 3.66. The molecule has 1 N–H and O–H groups in total. The second kappa shape index (κ2) is 9.84. The van der Waals surface area contributed by atoms with E-state index in [1.807, 2.05) is 4.90 Å². The molecule has 0 spiro atoms. The third kappa shape index (κ3) is 4.95. The number of likely N-dealkylation sites (tertiary alicyclic amines) is 2. The van der Waals surface area contributed by atoms with Crippen LogP contribution in [0.3, 0.4) is 0 Å². The summed E-state index contributed by atoms with van der Waals surface area (Å²) in [5, 5.41) is 2.15. The number of nitrogens with zero attached hydrogens (tertiary/aromatic N) is 2. The predicted molar refractivity (Wildman–Crippen MR) is 133 cm³/mol. The number of sulfonamides is 1. The summed E-state index contributed by atoms with van der Waals surface area (Å²) in [7, 11) is -3.91. The standard InChI is InChI=1S/C25H32ClN3O4S/c1-4-22-16(2)14-29(17(22)3)24(30)15-28-11-5-6-23(25(28)31)27-34(32,33)21-10-8-18-12-20(26)9-7-19(18)13-21/h7-10,12-13,16-17,22-23,27H,4-6,11,14-15H2,1-3H3. The number of nitrogens with one attached hydrogen (secondary N) is 1. The van der Waals surface area contributed by atoms with E-state index in [9.17, 15) is 18.0 Å². The molecular formula is C25H32ClN3O4S. The Kier molecular flexibility index (Phi) is 7.22. The fraction of sp³-hybridized carbons (Fsp3) is 0.520. The number of rotatable bonds is 6. The SMILES string of the molecule is CCC1C(C)CN(C(=O)CN2CCCC(NS(=O)(=O)c3ccc4cc(Cl)ccc4c3)C2=O)C1C. The molecular weight excluding hydrogens is 474 g/mol. The Labute approximate surface area is 206 Å². The zero-order chi connectivity index (χ0) is 24.6. The maximum atomic E-state index is 13.1. The summed E-state index contributed by atoms with van der Waals surface area (Å²) in [6, 6.07) is 9.28. The van der Waals surface area contributed by atoms with Crippen molar-refractivity contribution < 1.29 is 18.0 Å². The minimum Gasteiger partial charge on any atom is -0.338 e. The maximum absolute atomic E-state index is 13.1. The minimum atomic E-state index is -3.91. The Morgan fingerprint density at radius 2 is 1.85 bits per heavy atom. The number of piperidine rings is 1. The molecule has 34 heavy (non-hydrogen) atoms. The average molecular weight is 506 g/mol. The van der Waals surface area contributed by atoms with Gasteiger partial charge >= 0.3 is 0 Å². The summed E-state index contributed by atoms with van der Waals surface area (Å²) < 4.78 is 28.7. The van der Waals surface area contributed by atoms with Crippen molar-refractivity contribution in [1.82, 2.24) is 14.5 Å². The van der Waals surface area contributed by atoms with Crippen LogP contribution in [-0.2, 0) is 19.6 Å². The van der Waals surface area contributed by atoms with Gasteiger partial charge in [0.25, 0.3) is 0 Å². The first-order valence-electron chi connectivity index (χ1n) is 11.9. The molecule has 2 aliphatic rings. The molecule has 2 saturated heterocycles. The van der Waals surface area contributed by atoms with Crippen molar-refractivity contribution in [1.29, 1.82) is 0 Å². The summed E-state index contributed by atoms with van der Waals surface area (Å²) in [5.41, 5.74) is 0. The number of halogens is 1. The van der Waals surface area contributed by atoms with E-state index < -0.39 is 16.1 Å². The lowest BCUT2D eigenvalue weighted by Crippen LogP contribution is -2.54. The molecule has 0 bridgehead atoms. The number of hydrogen-bond acceptors (Lipinski definition) is 4. The van der Waals surface area contributed by atoms with E-state index >= 15 is 0 Å². The minimum absolute atomic E-state index is 0.0126. The van der Waals surface area contributed by atoms with Crippen molar-refractivity contribution in [2.75, 3.05) is 19.6 Å². The fourth-order valence-electron chi connectivity index (χ4n) is 5.47. The first-order valence-corrected chi connectivity index (χ1v) is 13.8. The molecule has 184 valence electrons. The van der Waals surface area contributed by atoms with Crippen LogP contribution in [0.4, 0.5) is 0 Å². The van der Waals surface area contributed by atoms with Crippen LogP contribution in [0.25, 0.3) is 10.8 Å². The molecule has 0 saturated carbocycles. The van der Waals surface area contributed by atoms with Gasteiger partial charge in [0.15, 0.2) is 0 Å². The van der Waals surface area contributed by atoms with Crippen LogP contribution in [-0.4, -0.2) is 61.7 Å². The molecule has 0 aliphatic carbocycles. The number of hydrogen-bond donors (Lipinski definition) is 1. The van der Waals surface area contributed by atoms with Gasteiger partial charge in [0.05, 0.1) is 11.4 Å². The van der Waals surface area contributed by atoms with Gasteiger partial charge < -0.3 is 9.80 Å². The Hall–Kier alpha value is -2.16. The van der Waals surface area contributed by atoms with Crippen LogP contribution in [0.5, 0.6) is 0 Å². The van der Waals surface area contributed by atoms with Gasteiger partial charge in [-0.2, -0.15) is 4.72 Å². The second-order valence-electron chi connectivity index (χ2n) is 9.57. The molecule has 4 unspecified atom stereocenters. The summed E-state index contributed by atoms with van der Waals surface area (Å²) in [4.78, 5) is 29.6. The fourth-order valence-corrected chi connectivity index (χ4v) is 6.91. The highest BCUT2D eigenvalue weighted by molar-refractivity contribution is 7.89. The van der Waals surface area contributed by atoms with Gasteiger partial charge in [-0.3, -0.25) is 9.59 Å². The zero-order valence-electron chi connectivity index (χ0n) is 19.8. The van der Waals surface area contributed by atoms with Crippen LogP contribution < -0.4 is 4.72 Å². The second-order valence-corrected chi connectivity index (χ2v) is 11.7. The maximum Gasteiger partial charge on any atom is 0.242 e. The molecule has 4 rings (SSSR count). The molecule has 2 aromatic rings. The van der Waals surface area contributed by atoms with Crippen LogP contribution >= 0.6 is 11.6 Å². The normalized spacial score (nSPS) is 25.8. The lowest BCUT2D eigenvalue weighted by molar-refractivity contribution is -0.143. The Morgan fingerprint density at radius 1 is 1.15 bits per heavy atom. The van der Waals surface area contributed by atoms with Crippen molar-refractivity contribution >= 4 is 44.2 Å². The number of carbonyl (C=O) groups is 2. The Morgan fingerprint density at radius 3 is 2.56 bits per heavy atom. The Bertz CT molecular complexity index is 1200. The first-order chi connectivity index (χ1) is 16.1. The van der Waals surface area contributed by atoms with Crippen molar-refractivity contribution in [3.8, 4) is 0 Å². The highest BCUT2D eigenvalue weighted by Crippen LogP contribution is 2.32. The third-order valence-electron chi connectivity index (χ3n) is 7.36. The van der Waals surface area contributed by atoms with Gasteiger partial charge in [-0.1, -0.05) is 44.0 Å². The summed E-state index contributed by atoms with van der Waals surface area (Å²) >= 11 is 6.01. The number of carbonyl (C=O) groups excluding carboxylic acids is 2. The smallest absolute Gasteiger partial charge is 0.242 e. The van der Waals surface area contributed by atoms with Crippen molar-refractivity contribution in [2.45, 2.75) is 57.0 Å². The monoisotopic (exact) mass is 505 g/mol. The lowest BCUT2D eigenvalue weighted by atomic mass is 9.90. The highest BCUT2D eigenvalue weighted by atomic mass is 35.5.